The van der Waals surface area contributed by atoms with Gasteiger partial charge in [0.1, 0.15) is 6.61 Å². The lowest BCUT2D eigenvalue weighted by atomic mass is 10.1. The van der Waals surface area contributed by atoms with Crippen LogP contribution >= 0.6 is 11.8 Å². The molecule has 1 heterocycles. The molecule has 174 valence electrons. The van der Waals surface area contributed by atoms with E-state index in [0.717, 1.165) is 39.2 Å². The molecule has 4 aromatic rings. The van der Waals surface area contributed by atoms with E-state index in [0.29, 0.717) is 23.0 Å². The van der Waals surface area contributed by atoms with Gasteiger partial charge in [0.25, 0.3) is 11.1 Å². The minimum atomic E-state index is -0.292. The summed E-state index contributed by atoms with van der Waals surface area (Å²) in [6.07, 6.45) is 1.72. The third kappa shape index (κ3) is 4.93. The van der Waals surface area contributed by atoms with Crippen molar-refractivity contribution in [2.24, 2.45) is 0 Å². The molecular formula is C29H23NO4S. The summed E-state index contributed by atoms with van der Waals surface area (Å²) in [5, 5.41) is 2.04. The number of carbonyl (C=O) groups is 2. The van der Waals surface area contributed by atoms with E-state index in [2.05, 4.69) is 24.3 Å². The number of nitrogens with zero attached hydrogens (tertiary/aromatic N) is 1. The van der Waals surface area contributed by atoms with E-state index in [9.17, 15) is 9.59 Å². The van der Waals surface area contributed by atoms with Crippen molar-refractivity contribution in [2.75, 3.05) is 7.11 Å². The number of thioether (sulfide) groups is 1. The molecule has 1 aliphatic heterocycles. The molecular weight excluding hydrogens is 458 g/mol. The van der Waals surface area contributed by atoms with Gasteiger partial charge in [0.2, 0.25) is 0 Å². The van der Waals surface area contributed by atoms with Gasteiger partial charge < -0.3 is 9.47 Å². The summed E-state index contributed by atoms with van der Waals surface area (Å²) in [6, 6.07) is 29.3. The molecule has 1 fully saturated rings. The first-order valence-electron chi connectivity index (χ1n) is 11.2. The van der Waals surface area contributed by atoms with Crippen LogP contribution < -0.4 is 9.47 Å². The minimum Gasteiger partial charge on any atom is -0.493 e. The Balaban J connectivity index is 1.32. The van der Waals surface area contributed by atoms with Crippen LogP contribution in [0.1, 0.15) is 16.7 Å². The van der Waals surface area contributed by atoms with Crippen LogP contribution in [0.25, 0.3) is 16.8 Å². The second-order valence-electron chi connectivity index (χ2n) is 8.09. The highest BCUT2D eigenvalue weighted by Crippen LogP contribution is 2.35. The Morgan fingerprint density at radius 3 is 2.46 bits per heavy atom. The molecule has 35 heavy (non-hydrogen) atoms. The Morgan fingerprint density at radius 1 is 0.857 bits per heavy atom. The third-order valence-electron chi connectivity index (χ3n) is 5.81. The third-order valence-corrected chi connectivity index (χ3v) is 6.71. The van der Waals surface area contributed by atoms with Crippen LogP contribution in [0.15, 0.2) is 95.9 Å². The monoisotopic (exact) mass is 481 g/mol. The molecule has 1 aliphatic rings. The molecule has 0 aliphatic carbocycles. The van der Waals surface area contributed by atoms with E-state index in [4.69, 9.17) is 9.47 Å². The van der Waals surface area contributed by atoms with E-state index in [1.807, 2.05) is 66.7 Å². The molecule has 0 spiro atoms. The Morgan fingerprint density at radius 2 is 1.63 bits per heavy atom. The van der Waals surface area contributed by atoms with Crippen molar-refractivity contribution in [2.45, 2.75) is 13.2 Å². The van der Waals surface area contributed by atoms with E-state index >= 15 is 0 Å². The van der Waals surface area contributed by atoms with Crippen molar-refractivity contribution in [1.29, 1.82) is 0 Å². The van der Waals surface area contributed by atoms with Crippen molar-refractivity contribution in [3.63, 3.8) is 0 Å². The molecule has 1 saturated heterocycles. The highest BCUT2D eigenvalue weighted by atomic mass is 32.2. The molecule has 4 aromatic carbocycles. The predicted octanol–water partition coefficient (Wildman–Crippen LogP) is 6.66. The topological polar surface area (TPSA) is 55.8 Å². The van der Waals surface area contributed by atoms with Crippen LogP contribution in [-0.2, 0) is 17.9 Å². The number of carbonyl (C=O) groups excluding carboxylic acids is 2. The Bertz CT molecular complexity index is 1430. The highest BCUT2D eigenvalue weighted by molar-refractivity contribution is 8.18. The number of hydrogen-bond acceptors (Lipinski definition) is 5. The second kappa shape index (κ2) is 10.1. The van der Waals surface area contributed by atoms with Crippen molar-refractivity contribution < 1.29 is 19.1 Å². The maximum Gasteiger partial charge on any atom is 0.293 e. The number of amides is 2. The first-order chi connectivity index (χ1) is 17.1. The standard InChI is InChI=1S/C29H23NO4S/c1-33-26-16-21(17-27-28(31)30(29(32)35-27)18-20-8-3-2-4-9-20)14-15-25(26)34-19-23-12-7-11-22-10-5-6-13-24(22)23/h2-17H,18-19H2,1H3/b27-17+. The summed E-state index contributed by atoms with van der Waals surface area (Å²) in [5.41, 5.74) is 2.75. The number of benzene rings is 4. The van der Waals surface area contributed by atoms with Gasteiger partial charge in [-0.15, -0.1) is 0 Å². The van der Waals surface area contributed by atoms with Crippen molar-refractivity contribution in [1.82, 2.24) is 4.90 Å². The first-order valence-corrected chi connectivity index (χ1v) is 12.0. The van der Waals surface area contributed by atoms with E-state index in [-0.39, 0.29) is 17.7 Å². The van der Waals surface area contributed by atoms with Gasteiger partial charge in [0.05, 0.1) is 18.6 Å². The summed E-state index contributed by atoms with van der Waals surface area (Å²) >= 11 is 0.949. The fourth-order valence-corrected chi connectivity index (χ4v) is 4.86. The smallest absolute Gasteiger partial charge is 0.293 e. The summed E-state index contributed by atoms with van der Waals surface area (Å²) < 4.78 is 11.6. The molecule has 6 heteroatoms. The maximum absolute atomic E-state index is 12.9. The second-order valence-corrected chi connectivity index (χ2v) is 9.08. The van der Waals surface area contributed by atoms with Crippen LogP contribution in [0.5, 0.6) is 11.5 Å². The van der Waals surface area contributed by atoms with Gasteiger partial charge in [-0.1, -0.05) is 78.9 Å². The zero-order valence-corrected chi connectivity index (χ0v) is 20.0. The summed E-state index contributed by atoms with van der Waals surface area (Å²) in [7, 11) is 1.58. The summed E-state index contributed by atoms with van der Waals surface area (Å²) in [5.74, 6) is 0.872. The van der Waals surface area contributed by atoms with Crippen molar-refractivity contribution >= 4 is 39.8 Å². The zero-order valence-electron chi connectivity index (χ0n) is 19.1. The van der Waals surface area contributed by atoms with Gasteiger partial charge in [0.15, 0.2) is 11.5 Å². The molecule has 0 atom stereocenters. The maximum atomic E-state index is 12.9. The van der Waals surface area contributed by atoms with Gasteiger partial charge in [-0.3, -0.25) is 14.5 Å². The molecule has 2 amide bonds. The Labute approximate surface area is 208 Å². The Hall–Kier alpha value is -4.03. The quantitative estimate of drug-likeness (QED) is 0.276. The van der Waals surface area contributed by atoms with E-state index in [1.165, 1.54) is 4.90 Å². The lowest BCUT2D eigenvalue weighted by Crippen LogP contribution is -2.27. The zero-order chi connectivity index (χ0) is 24.2. The molecule has 0 saturated carbocycles. The number of imide groups is 1. The van der Waals surface area contributed by atoms with Crippen LogP contribution in [-0.4, -0.2) is 23.2 Å². The molecule has 0 N–H and O–H groups in total. The van der Waals surface area contributed by atoms with Gasteiger partial charge in [-0.25, -0.2) is 0 Å². The molecule has 0 bridgehead atoms. The van der Waals surface area contributed by atoms with E-state index in [1.54, 1.807) is 13.2 Å². The molecule has 0 aromatic heterocycles. The van der Waals surface area contributed by atoms with Gasteiger partial charge >= 0.3 is 0 Å². The number of fused-ring (bicyclic) bond motifs is 1. The van der Waals surface area contributed by atoms with Gasteiger partial charge in [0, 0.05) is 0 Å². The molecule has 5 rings (SSSR count). The van der Waals surface area contributed by atoms with Crippen molar-refractivity contribution in [3.8, 4) is 11.5 Å². The molecule has 0 unspecified atom stereocenters. The number of ether oxygens (including phenoxy) is 2. The number of methoxy groups -OCH3 is 1. The normalized spacial score (nSPS) is 14.7. The van der Waals surface area contributed by atoms with Crippen LogP contribution in [0, 0.1) is 0 Å². The fourth-order valence-electron chi connectivity index (χ4n) is 4.02. The van der Waals surface area contributed by atoms with Crippen molar-refractivity contribution in [3.05, 3.63) is 113 Å². The first kappa shape index (κ1) is 22.7. The molecule has 5 nitrogen and oxygen atoms in total. The lowest BCUT2D eigenvalue weighted by Gasteiger charge is -2.13. The van der Waals surface area contributed by atoms with Gasteiger partial charge in [-0.2, -0.15) is 0 Å². The van der Waals surface area contributed by atoms with Gasteiger partial charge in [-0.05, 0) is 57.4 Å². The summed E-state index contributed by atoms with van der Waals surface area (Å²) in [6.45, 7) is 0.655. The average Bonchev–Trinajstić information content (AvgIpc) is 3.15. The minimum absolute atomic E-state index is 0.257. The van der Waals surface area contributed by atoms with Crippen LogP contribution in [0.3, 0.4) is 0 Å². The predicted molar refractivity (Wildman–Crippen MR) is 139 cm³/mol. The van der Waals surface area contributed by atoms with Crippen LogP contribution in [0.4, 0.5) is 4.79 Å². The fraction of sp³-hybridized carbons (Fsp3) is 0.103. The number of hydrogen-bond donors (Lipinski definition) is 0. The van der Waals surface area contributed by atoms with Crippen LogP contribution in [0.2, 0.25) is 0 Å². The molecule has 0 radical (unpaired) electrons. The highest BCUT2D eigenvalue weighted by Gasteiger charge is 2.35. The SMILES string of the molecule is COc1cc(/C=C2/SC(=O)N(Cc3ccccc3)C2=O)ccc1OCc1cccc2ccccc12. The lowest BCUT2D eigenvalue weighted by molar-refractivity contribution is -0.123. The largest absolute Gasteiger partial charge is 0.493 e. The average molecular weight is 482 g/mol. The Kier molecular flexibility index (Phi) is 6.55. The number of rotatable bonds is 7. The van der Waals surface area contributed by atoms with E-state index < -0.39 is 0 Å². The summed E-state index contributed by atoms with van der Waals surface area (Å²) in [4.78, 5) is 27.0.